The summed E-state index contributed by atoms with van der Waals surface area (Å²) in [5, 5.41) is 2.94. The van der Waals surface area contributed by atoms with Gasteiger partial charge in [0.05, 0.1) is 0 Å². The van der Waals surface area contributed by atoms with Crippen LogP contribution in [0.5, 0.6) is 0 Å². The minimum Gasteiger partial charge on any atom is -0.393 e. The van der Waals surface area contributed by atoms with Gasteiger partial charge in [-0.25, -0.2) is 0 Å². The first-order valence-electron chi connectivity index (χ1n) is 4.07. The van der Waals surface area contributed by atoms with Crippen LogP contribution >= 0.6 is 0 Å². The molecular weight excluding hydrogens is 136 g/mol. The van der Waals surface area contributed by atoms with E-state index >= 15 is 0 Å². The summed E-state index contributed by atoms with van der Waals surface area (Å²) >= 11 is 0. The van der Waals surface area contributed by atoms with Crippen LogP contribution < -0.4 is 5.32 Å². The van der Waals surface area contributed by atoms with Crippen molar-refractivity contribution in [2.75, 3.05) is 13.6 Å². The molecule has 0 saturated carbocycles. The molecule has 0 aliphatic carbocycles. The fourth-order valence-corrected chi connectivity index (χ4v) is 0.738. The van der Waals surface area contributed by atoms with Crippen molar-refractivity contribution in [3.8, 4) is 0 Å². The number of hydrogen-bond acceptors (Lipinski definition) is 2. The molecule has 0 rings (SSSR count). The lowest BCUT2D eigenvalue weighted by Crippen LogP contribution is -2.11. The summed E-state index contributed by atoms with van der Waals surface area (Å²) in [6, 6.07) is 0. The van der Waals surface area contributed by atoms with Gasteiger partial charge < -0.3 is 10.2 Å². The molecule has 0 heterocycles. The topological polar surface area (TPSA) is 15.3 Å². The van der Waals surface area contributed by atoms with Gasteiger partial charge in [0.1, 0.15) is 0 Å². The Morgan fingerprint density at radius 3 is 2.73 bits per heavy atom. The second kappa shape index (κ2) is 7.19. The molecule has 0 aliphatic heterocycles. The van der Waals surface area contributed by atoms with Gasteiger partial charge in [0.15, 0.2) is 0 Å². The number of nitrogens with zero attached hydrogens (tertiary/aromatic N) is 1. The van der Waals surface area contributed by atoms with Crippen LogP contribution in [0.2, 0.25) is 0 Å². The van der Waals surface area contributed by atoms with Crippen molar-refractivity contribution in [2.45, 2.75) is 19.8 Å². The van der Waals surface area contributed by atoms with E-state index in [9.17, 15) is 0 Å². The maximum absolute atomic E-state index is 3.71. The summed E-state index contributed by atoms with van der Waals surface area (Å²) in [5.41, 5.74) is 0. The Hall–Kier alpha value is -0.920. The monoisotopic (exact) mass is 154 g/mol. The highest BCUT2D eigenvalue weighted by Gasteiger charge is 1.89. The van der Waals surface area contributed by atoms with E-state index in [4.69, 9.17) is 0 Å². The van der Waals surface area contributed by atoms with Gasteiger partial charge in [-0.3, -0.25) is 0 Å². The van der Waals surface area contributed by atoms with E-state index in [1.807, 2.05) is 25.6 Å². The van der Waals surface area contributed by atoms with E-state index in [-0.39, 0.29) is 0 Å². The zero-order valence-electron chi connectivity index (χ0n) is 7.51. The molecule has 0 spiro atoms. The van der Waals surface area contributed by atoms with E-state index in [0.29, 0.717) is 0 Å². The van der Waals surface area contributed by atoms with Crippen molar-refractivity contribution in [1.29, 1.82) is 0 Å². The van der Waals surface area contributed by atoms with Crippen LogP contribution in [0.1, 0.15) is 19.8 Å². The van der Waals surface area contributed by atoms with Crippen molar-refractivity contribution in [1.82, 2.24) is 10.2 Å². The first-order valence-corrected chi connectivity index (χ1v) is 4.07. The summed E-state index contributed by atoms with van der Waals surface area (Å²) in [6.07, 6.45) is 8.15. The minimum absolute atomic E-state index is 1.05. The Morgan fingerprint density at radius 1 is 1.55 bits per heavy atom. The highest BCUT2D eigenvalue weighted by molar-refractivity contribution is 4.85. The van der Waals surface area contributed by atoms with Gasteiger partial charge in [-0.15, -0.1) is 0 Å². The Labute approximate surface area is 69.6 Å². The molecule has 0 aromatic carbocycles. The zero-order valence-corrected chi connectivity index (χ0v) is 7.51. The minimum atomic E-state index is 1.05. The molecule has 0 aromatic rings. The molecule has 0 amide bonds. The predicted molar refractivity (Wildman–Crippen MR) is 50.0 cm³/mol. The molecule has 1 N–H and O–H groups in total. The molecule has 11 heavy (non-hydrogen) atoms. The Balaban J connectivity index is 3.57. The Kier molecular flexibility index (Phi) is 6.59. The van der Waals surface area contributed by atoms with Crippen molar-refractivity contribution < 1.29 is 0 Å². The summed E-state index contributed by atoms with van der Waals surface area (Å²) in [5.74, 6) is 0. The van der Waals surface area contributed by atoms with Crippen LogP contribution in [-0.4, -0.2) is 18.5 Å². The van der Waals surface area contributed by atoms with Crippen LogP contribution in [0, 0.1) is 0 Å². The van der Waals surface area contributed by atoms with E-state index in [1.54, 1.807) is 0 Å². The lowest BCUT2D eigenvalue weighted by molar-refractivity contribution is 0.484. The molecule has 0 aromatic heterocycles. The quantitative estimate of drug-likeness (QED) is 0.629. The van der Waals surface area contributed by atoms with Gasteiger partial charge in [0.25, 0.3) is 0 Å². The normalized spacial score (nSPS) is 10.0. The molecule has 0 radical (unpaired) electrons. The van der Waals surface area contributed by atoms with Crippen LogP contribution in [-0.2, 0) is 0 Å². The van der Waals surface area contributed by atoms with Gasteiger partial charge in [-0.05, 0) is 12.6 Å². The average Bonchev–Trinajstić information content (AvgIpc) is 2.05. The van der Waals surface area contributed by atoms with Gasteiger partial charge >= 0.3 is 0 Å². The third-order valence-electron chi connectivity index (χ3n) is 1.44. The summed E-state index contributed by atoms with van der Waals surface area (Å²) in [4.78, 5) is 2.07. The fraction of sp³-hybridized carbons (Fsp3) is 0.556. The molecule has 64 valence electrons. The summed E-state index contributed by atoms with van der Waals surface area (Å²) < 4.78 is 0. The van der Waals surface area contributed by atoms with Crippen molar-refractivity contribution in [3.05, 3.63) is 25.2 Å². The summed E-state index contributed by atoms with van der Waals surface area (Å²) in [7, 11) is 1.89. The number of hydrogen-bond donors (Lipinski definition) is 1. The van der Waals surface area contributed by atoms with E-state index in [0.717, 1.165) is 6.54 Å². The Morgan fingerprint density at radius 2 is 2.27 bits per heavy atom. The molecule has 0 saturated heterocycles. The van der Waals surface area contributed by atoms with Gasteiger partial charge in [-0.2, -0.15) is 0 Å². The van der Waals surface area contributed by atoms with Crippen LogP contribution in [0.15, 0.2) is 25.2 Å². The number of unbranched alkanes of at least 4 members (excludes halogenated alkanes) is 1. The third kappa shape index (κ3) is 5.52. The highest BCUT2D eigenvalue weighted by Crippen LogP contribution is 1.95. The molecule has 2 nitrogen and oxygen atoms in total. The first kappa shape index (κ1) is 10.1. The molecular formula is C9H18N2. The third-order valence-corrected chi connectivity index (χ3v) is 1.44. The smallest absolute Gasteiger partial charge is 0.0219 e. The predicted octanol–water partition coefficient (Wildman–Crippen LogP) is 1.92. The second-order valence-electron chi connectivity index (χ2n) is 2.38. The molecule has 0 unspecified atom stereocenters. The van der Waals surface area contributed by atoms with Crippen LogP contribution in [0.4, 0.5) is 0 Å². The van der Waals surface area contributed by atoms with E-state index in [2.05, 4.69) is 23.7 Å². The van der Waals surface area contributed by atoms with Crippen LogP contribution in [0.25, 0.3) is 0 Å². The molecule has 0 atom stereocenters. The zero-order chi connectivity index (χ0) is 8.53. The lowest BCUT2D eigenvalue weighted by atomic mass is 10.3. The molecule has 0 bridgehead atoms. The summed E-state index contributed by atoms with van der Waals surface area (Å²) in [6.45, 7) is 6.95. The highest BCUT2D eigenvalue weighted by atomic mass is 15.1. The van der Waals surface area contributed by atoms with E-state index in [1.165, 1.54) is 12.8 Å². The first-order chi connectivity index (χ1) is 5.35. The van der Waals surface area contributed by atoms with E-state index < -0.39 is 0 Å². The maximum Gasteiger partial charge on any atom is 0.0219 e. The maximum atomic E-state index is 3.71. The van der Waals surface area contributed by atoms with Gasteiger partial charge in [0, 0.05) is 26.0 Å². The molecule has 0 fully saturated rings. The number of nitrogens with one attached hydrogen (secondary N) is 1. The van der Waals surface area contributed by atoms with Crippen molar-refractivity contribution in [3.63, 3.8) is 0 Å². The second-order valence-corrected chi connectivity index (χ2v) is 2.38. The largest absolute Gasteiger partial charge is 0.393 e. The van der Waals surface area contributed by atoms with Gasteiger partial charge in [-0.1, -0.05) is 19.9 Å². The average molecular weight is 154 g/mol. The number of rotatable bonds is 6. The van der Waals surface area contributed by atoms with Gasteiger partial charge in [0.2, 0.25) is 0 Å². The molecule has 0 aliphatic rings. The fourth-order valence-electron chi connectivity index (χ4n) is 0.738. The van der Waals surface area contributed by atoms with Crippen molar-refractivity contribution >= 4 is 0 Å². The van der Waals surface area contributed by atoms with Crippen molar-refractivity contribution in [2.24, 2.45) is 0 Å². The standard InChI is InChI=1S/C9H18N2/c1-4-6-8-11(5-2)9-7-10-3/h5,7,9-10H,2,4,6,8H2,1,3H3/b9-7-. The molecule has 2 heteroatoms. The lowest BCUT2D eigenvalue weighted by Gasteiger charge is -2.13. The SMILES string of the molecule is C=CN(/C=C\NC)CCCC. The Bertz CT molecular complexity index is 119. The van der Waals surface area contributed by atoms with Crippen LogP contribution in [0.3, 0.4) is 0 Å².